The van der Waals surface area contributed by atoms with Crippen LogP contribution in [0.4, 0.5) is 37.8 Å². The molecule has 0 radical (unpaired) electrons. The number of rotatable bonds is 2. The molecule has 1 amide bonds. The molecule has 21 heavy (non-hydrogen) atoms. The van der Waals surface area contributed by atoms with Gasteiger partial charge >= 0.3 is 11.9 Å². The Morgan fingerprint density at radius 1 is 1.29 bits per heavy atom. The van der Waals surface area contributed by atoms with Crippen molar-refractivity contribution in [2.45, 2.75) is 13.1 Å². The molecule has 0 bridgehead atoms. The summed E-state index contributed by atoms with van der Waals surface area (Å²) in [4.78, 5) is 19.8. The summed E-state index contributed by atoms with van der Waals surface area (Å²) in [6, 6.07) is 0. The molecular weight excluding hydrogens is 378 g/mol. The number of nitro benzene ring substituents is 1. The van der Waals surface area contributed by atoms with E-state index in [1.165, 1.54) is 0 Å². The van der Waals surface area contributed by atoms with Crippen molar-refractivity contribution in [1.29, 1.82) is 0 Å². The van der Waals surface area contributed by atoms with Gasteiger partial charge in [-0.15, -0.1) is 5.12 Å². The molecule has 116 valence electrons. The number of nitro groups is 1. The lowest BCUT2D eigenvalue weighted by atomic mass is 10.1. The third kappa shape index (κ3) is 2.94. The van der Waals surface area contributed by atoms with Gasteiger partial charge < -0.3 is 0 Å². The molecule has 1 aromatic carbocycles. The average molecular weight is 381 g/mol. The quantitative estimate of drug-likeness (QED) is 0.257. The summed E-state index contributed by atoms with van der Waals surface area (Å²) >= 11 is 2.04. The van der Waals surface area contributed by atoms with Crippen molar-refractivity contribution in [3.05, 3.63) is 31.8 Å². The van der Waals surface area contributed by atoms with E-state index in [2.05, 4.69) is 0 Å². The first kappa shape index (κ1) is 17.2. The van der Waals surface area contributed by atoms with Crippen molar-refractivity contribution in [3.8, 4) is 0 Å². The molecule has 0 aliphatic carbocycles. The minimum atomic E-state index is -5.48. The number of alkyl halides is 3. The van der Waals surface area contributed by atoms with E-state index in [9.17, 15) is 41.3 Å². The highest BCUT2D eigenvalue weighted by Crippen LogP contribution is 2.46. The molecule has 5 nitrogen and oxygen atoms in total. The Bertz CT molecular complexity index is 633. The van der Waals surface area contributed by atoms with Crippen LogP contribution in [0.5, 0.6) is 0 Å². The van der Waals surface area contributed by atoms with Gasteiger partial charge in [0.2, 0.25) is 5.82 Å². The maximum atomic E-state index is 13.8. The largest absolute Gasteiger partial charge is 0.420 e. The van der Waals surface area contributed by atoms with E-state index < -0.39 is 55.2 Å². The molecular formula is C9H3BrF6N2O3. The SMILES string of the molecule is CC(=O)N(F)c1c(F)c(C(F)(F)F)c(Br)c(F)c1[N+](=O)[O-]. The van der Waals surface area contributed by atoms with Crippen molar-refractivity contribution in [2.75, 3.05) is 5.12 Å². The highest BCUT2D eigenvalue weighted by atomic mass is 79.9. The van der Waals surface area contributed by atoms with Gasteiger partial charge in [0.15, 0.2) is 11.5 Å². The lowest BCUT2D eigenvalue weighted by Gasteiger charge is -2.17. The van der Waals surface area contributed by atoms with E-state index >= 15 is 0 Å². The second-order valence-electron chi connectivity index (χ2n) is 3.57. The van der Waals surface area contributed by atoms with Gasteiger partial charge in [-0.3, -0.25) is 14.9 Å². The number of carbonyl (C=O) groups is 1. The van der Waals surface area contributed by atoms with Crippen LogP contribution in [0, 0.1) is 21.7 Å². The molecule has 0 aromatic heterocycles. The Labute approximate surface area is 120 Å². The molecule has 0 aliphatic heterocycles. The standard InChI is InChI=1S/C9H3BrF6N2O3/c1-2(19)17(16)7-5(11)3(9(13,14)15)4(10)6(12)8(7)18(20)21/h1H3. The van der Waals surface area contributed by atoms with Crippen LogP contribution < -0.4 is 5.12 Å². The van der Waals surface area contributed by atoms with Crippen LogP contribution in [0.25, 0.3) is 0 Å². The van der Waals surface area contributed by atoms with Crippen LogP contribution in [0.1, 0.15) is 12.5 Å². The molecule has 0 heterocycles. The van der Waals surface area contributed by atoms with Crippen LogP contribution in [0.15, 0.2) is 4.47 Å². The van der Waals surface area contributed by atoms with E-state index in [1.54, 1.807) is 0 Å². The summed E-state index contributed by atoms with van der Waals surface area (Å²) in [6.45, 7) is 0.455. The second kappa shape index (κ2) is 5.50. The van der Waals surface area contributed by atoms with Crippen LogP contribution >= 0.6 is 15.9 Å². The summed E-state index contributed by atoms with van der Waals surface area (Å²) in [5, 5.41) is 9.36. The Kier molecular flexibility index (Phi) is 4.51. The molecule has 0 spiro atoms. The van der Waals surface area contributed by atoms with E-state index in [1.807, 2.05) is 15.9 Å². The zero-order valence-electron chi connectivity index (χ0n) is 9.76. The molecule has 0 saturated carbocycles. The minimum Gasteiger partial charge on any atom is -0.272 e. The maximum absolute atomic E-state index is 13.8. The van der Waals surface area contributed by atoms with E-state index in [4.69, 9.17) is 0 Å². The fraction of sp³-hybridized carbons (Fsp3) is 0.222. The van der Waals surface area contributed by atoms with Crippen LogP contribution in [-0.4, -0.2) is 10.8 Å². The normalized spacial score (nSPS) is 11.4. The molecule has 1 aromatic rings. The first-order valence-electron chi connectivity index (χ1n) is 4.79. The van der Waals surface area contributed by atoms with Crippen molar-refractivity contribution in [3.63, 3.8) is 0 Å². The number of halogens is 7. The van der Waals surface area contributed by atoms with Gasteiger partial charge in [-0.1, -0.05) is 4.48 Å². The third-order valence-electron chi connectivity index (χ3n) is 2.21. The van der Waals surface area contributed by atoms with Crippen LogP contribution in [0.2, 0.25) is 0 Å². The zero-order valence-corrected chi connectivity index (χ0v) is 11.4. The number of benzene rings is 1. The average Bonchev–Trinajstić information content (AvgIpc) is 2.30. The summed E-state index contributed by atoms with van der Waals surface area (Å²) < 4.78 is 77.1. The highest BCUT2D eigenvalue weighted by Gasteiger charge is 2.45. The summed E-state index contributed by atoms with van der Waals surface area (Å²) in [5.41, 5.74) is -6.30. The van der Waals surface area contributed by atoms with Gasteiger partial charge in [0.05, 0.1) is 9.40 Å². The number of carbonyl (C=O) groups excluding carboxylic acids is 1. The fourth-order valence-corrected chi connectivity index (χ4v) is 1.98. The Morgan fingerprint density at radius 3 is 2.10 bits per heavy atom. The molecule has 0 atom stereocenters. The van der Waals surface area contributed by atoms with Crippen LogP contribution in [-0.2, 0) is 11.0 Å². The second-order valence-corrected chi connectivity index (χ2v) is 4.36. The molecule has 12 heteroatoms. The highest BCUT2D eigenvalue weighted by molar-refractivity contribution is 9.10. The summed E-state index contributed by atoms with van der Waals surface area (Å²) in [6.07, 6.45) is -5.48. The maximum Gasteiger partial charge on any atom is 0.420 e. The number of anilines is 1. The third-order valence-corrected chi connectivity index (χ3v) is 2.96. The molecule has 0 N–H and O–H groups in total. The smallest absolute Gasteiger partial charge is 0.272 e. The molecule has 0 unspecified atom stereocenters. The number of hydrogen-bond donors (Lipinski definition) is 0. The Balaban J connectivity index is 3.95. The molecule has 0 fully saturated rings. The zero-order chi connectivity index (χ0) is 16.7. The van der Waals surface area contributed by atoms with Gasteiger partial charge in [0.25, 0.3) is 5.91 Å². The van der Waals surface area contributed by atoms with E-state index in [-0.39, 0.29) is 0 Å². The topological polar surface area (TPSA) is 63.5 Å². The number of nitrogens with zero attached hydrogens (tertiary/aromatic N) is 2. The predicted octanol–water partition coefficient (Wildman–Crippen LogP) is 3.89. The van der Waals surface area contributed by atoms with Crippen molar-refractivity contribution < 1.29 is 36.2 Å². The first-order valence-corrected chi connectivity index (χ1v) is 5.59. The molecule has 0 aliphatic rings. The summed E-state index contributed by atoms with van der Waals surface area (Å²) in [5.74, 6) is -6.32. The lowest BCUT2D eigenvalue weighted by Crippen LogP contribution is -2.23. The van der Waals surface area contributed by atoms with E-state index in [0.29, 0.717) is 6.92 Å². The van der Waals surface area contributed by atoms with Gasteiger partial charge in [-0.05, 0) is 15.9 Å². The van der Waals surface area contributed by atoms with Gasteiger partial charge in [0.1, 0.15) is 5.56 Å². The predicted molar refractivity (Wildman–Crippen MR) is 60.0 cm³/mol. The first-order chi connectivity index (χ1) is 9.41. The van der Waals surface area contributed by atoms with Gasteiger partial charge in [-0.2, -0.15) is 17.6 Å². The van der Waals surface area contributed by atoms with Crippen molar-refractivity contribution in [2.24, 2.45) is 0 Å². The van der Waals surface area contributed by atoms with Gasteiger partial charge in [0, 0.05) is 6.92 Å². The van der Waals surface area contributed by atoms with Crippen molar-refractivity contribution >= 4 is 33.2 Å². The summed E-state index contributed by atoms with van der Waals surface area (Å²) in [7, 11) is 0. The van der Waals surface area contributed by atoms with Gasteiger partial charge in [-0.25, -0.2) is 4.39 Å². The Morgan fingerprint density at radius 2 is 1.76 bits per heavy atom. The molecule has 1 rings (SSSR count). The van der Waals surface area contributed by atoms with Crippen LogP contribution in [0.3, 0.4) is 0 Å². The number of amides is 1. The van der Waals surface area contributed by atoms with Crippen molar-refractivity contribution in [1.82, 2.24) is 0 Å². The fourth-order valence-electron chi connectivity index (χ4n) is 1.39. The number of hydrogen-bond acceptors (Lipinski definition) is 3. The Hall–Kier alpha value is -1.85. The van der Waals surface area contributed by atoms with E-state index in [0.717, 1.165) is 0 Å². The monoisotopic (exact) mass is 380 g/mol. The minimum absolute atomic E-state index is 0.455. The molecule has 0 saturated heterocycles. The lowest BCUT2D eigenvalue weighted by molar-refractivity contribution is -0.387.